The topological polar surface area (TPSA) is 98.5 Å². The number of hydrogen-bond acceptors (Lipinski definition) is 7. The Balaban J connectivity index is 1.50. The summed E-state index contributed by atoms with van der Waals surface area (Å²) in [5.41, 5.74) is 5.09. The summed E-state index contributed by atoms with van der Waals surface area (Å²) in [6.45, 7) is 4.51. The van der Waals surface area contributed by atoms with Crippen molar-refractivity contribution in [3.63, 3.8) is 0 Å². The first kappa shape index (κ1) is 20.2. The maximum absolute atomic E-state index is 9.60. The van der Waals surface area contributed by atoms with E-state index in [-0.39, 0.29) is 6.61 Å². The number of fused-ring (bicyclic) bond motifs is 1. The van der Waals surface area contributed by atoms with Crippen molar-refractivity contribution in [2.45, 2.75) is 0 Å². The monoisotopic (exact) mass is 428 g/mol. The Morgan fingerprint density at radius 3 is 2.50 bits per heavy atom. The van der Waals surface area contributed by atoms with Gasteiger partial charge in [-0.2, -0.15) is 15.5 Å². The van der Waals surface area contributed by atoms with Gasteiger partial charge < -0.3 is 10.0 Å². The fraction of sp³-hybridized carbons (Fsp3) is 0.304. The van der Waals surface area contributed by atoms with Crippen LogP contribution in [0.4, 0.5) is 5.82 Å². The third kappa shape index (κ3) is 3.70. The van der Waals surface area contributed by atoms with Gasteiger partial charge in [-0.15, -0.1) is 0 Å². The van der Waals surface area contributed by atoms with Crippen LogP contribution >= 0.6 is 0 Å². The van der Waals surface area contributed by atoms with Crippen LogP contribution in [0, 0.1) is 11.3 Å². The van der Waals surface area contributed by atoms with Gasteiger partial charge in [0, 0.05) is 80.6 Å². The minimum absolute atomic E-state index is 0.193. The highest BCUT2D eigenvalue weighted by Gasteiger charge is 2.19. The van der Waals surface area contributed by atoms with E-state index < -0.39 is 0 Å². The molecule has 1 aliphatic rings. The Kier molecular flexibility index (Phi) is 5.31. The zero-order valence-corrected chi connectivity index (χ0v) is 17.9. The zero-order chi connectivity index (χ0) is 22.1. The highest BCUT2D eigenvalue weighted by molar-refractivity contribution is 5.87. The molecule has 5 rings (SSSR count). The molecule has 0 radical (unpaired) electrons. The molecule has 0 saturated carbocycles. The molecule has 4 aromatic heterocycles. The van der Waals surface area contributed by atoms with Crippen molar-refractivity contribution in [1.29, 1.82) is 5.26 Å². The molecule has 1 aliphatic heterocycles. The Hall–Kier alpha value is -3.74. The Labute approximate surface area is 185 Å². The fourth-order valence-electron chi connectivity index (χ4n) is 4.23. The summed E-state index contributed by atoms with van der Waals surface area (Å²) in [6.07, 6.45) is 9.16. The van der Waals surface area contributed by atoms with Gasteiger partial charge in [0.15, 0.2) is 0 Å². The fourth-order valence-corrected chi connectivity index (χ4v) is 4.23. The van der Waals surface area contributed by atoms with E-state index in [1.54, 1.807) is 15.4 Å². The molecule has 1 N–H and O–H groups in total. The number of nitriles is 1. The molecule has 0 atom stereocenters. The number of hydrogen-bond donors (Lipinski definition) is 1. The van der Waals surface area contributed by atoms with Crippen molar-refractivity contribution in [2.75, 3.05) is 44.2 Å². The van der Waals surface area contributed by atoms with Gasteiger partial charge in [0.2, 0.25) is 0 Å². The summed E-state index contributed by atoms with van der Waals surface area (Å²) in [6, 6.07) is 8.41. The van der Waals surface area contributed by atoms with E-state index in [0.717, 1.165) is 66.3 Å². The van der Waals surface area contributed by atoms with Gasteiger partial charge in [-0.25, -0.2) is 9.50 Å². The number of anilines is 1. The Morgan fingerprint density at radius 2 is 1.84 bits per heavy atom. The average molecular weight is 429 g/mol. The molecule has 0 aliphatic carbocycles. The highest BCUT2D eigenvalue weighted by atomic mass is 16.3. The number of aliphatic hydroxyl groups is 1. The molecule has 9 nitrogen and oxygen atoms in total. The maximum atomic E-state index is 9.60. The molecule has 0 aromatic carbocycles. The molecular formula is C23H24N8O. The molecule has 32 heavy (non-hydrogen) atoms. The molecule has 1 fully saturated rings. The molecule has 1 saturated heterocycles. The third-order valence-corrected chi connectivity index (χ3v) is 5.94. The molecular weight excluding hydrogens is 404 g/mol. The van der Waals surface area contributed by atoms with Gasteiger partial charge in [-0.1, -0.05) is 0 Å². The van der Waals surface area contributed by atoms with Crippen molar-refractivity contribution >= 4 is 11.3 Å². The lowest BCUT2D eigenvalue weighted by atomic mass is 10.0. The van der Waals surface area contributed by atoms with Gasteiger partial charge in [-0.3, -0.25) is 9.58 Å². The average Bonchev–Trinajstić information content (AvgIpc) is 3.45. The number of nitrogens with zero attached hydrogens (tertiary/aromatic N) is 8. The van der Waals surface area contributed by atoms with Gasteiger partial charge in [0.25, 0.3) is 0 Å². The standard InChI is InChI=1S/C23H24N8O/c1-28-15-20(14-26-28)18-10-21(23-19(11-24)13-27-31(23)16-18)17-2-3-22(25-12-17)30-6-4-29(5-7-30)8-9-32/h2-3,10,12-16,32H,4-9H2,1H3. The van der Waals surface area contributed by atoms with Crippen LogP contribution in [0.1, 0.15) is 5.56 Å². The maximum Gasteiger partial charge on any atom is 0.128 e. The molecule has 162 valence electrons. The van der Waals surface area contributed by atoms with E-state index >= 15 is 0 Å². The minimum atomic E-state index is 0.193. The third-order valence-electron chi connectivity index (χ3n) is 5.94. The van der Waals surface area contributed by atoms with Gasteiger partial charge in [-0.05, 0) is 18.2 Å². The lowest BCUT2D eigenvalue weighted by molar-refractivity contribution is 0.188. The number of rotatable bonds is 5. The van der Waals surface area contributed by atoms with Crippen molar-refractivity contribution < 1.29 is 5.11 Å². The van der Waals surface area contributed by atoms with Crippen LogP contribution in [0.25, 0.3) is 27.8 Å². The number of β-amino-alcohol motifs (C(OH)–C–C–N with tert-alkyl or cyclic N) is 1. The summed E-state index contributed by atoms with van der Waals surface area (Å²) < 4.78 is 3.52. The number of aliphatic hydroxyl groups excluding tert-OH is 1. The Bertz CT molecular complexity index is 1280. The van der Waals surface area contributed by atoms with Gasteiger partial charge in [0.05, 0.1) is 30.1 Å². The summed E-state index contributed by atoms with van der Waals surface area (Å²) >= 11 is 0. The number of aryl methyl sites for hydroxylation is 1. The predicted molar refractivity (Wildman–Crippen MR) is 121 cm³/mol. The van der Waals surface area contributed by atoms with Gasteiger partial charge >= 0.3 is 0 Å². The first-order chi connectivity index (χ1) is 15.7. The van der Waals surface area contributed by atoms with Crippen molar-refractivity contribution in [3.05, 3.63) is 54.7 Å². The molecule has 0 amide bonds. The SMILES string of the molecule is Cn1cc(-c2cc(-c3ccc(N4CCN(CCO)CC4)nc3)c3c(C#N)cnn3c2)cn1. The van der Waals surface area contributed by atoms with Crippen LogP contribution < -0.4 is 4.90 Å². The summed E-state index contributed by atoms with van der Waals surface area (Å²) in [7, 11) is 1.89. The van der Waals surface area contributed by atoms with Gasteiger partial charge in [0.1, 0.15) is 11.9 Å². The van der Waals surface area contributed by atoms with E-state index in [9.17, 15) is 5.26 Å². The van der Waals surface area contributed by atoms with Crippen LogP contribution in [-0.4, -0.2) is 73.7 Å². The lowest BCUT2D eigenvalue weighted by Gasteiger charge is -2.35. The van der Waals surface area contributed by atoms with E-state index in [1.807, 2.05) is 37.9 Å². The zero-order valence-electron chi connectivity index (χ0n) is 17.9. The van der Waals surface area contributed by atoms with Crippen LogP contribution in [0.3, 0.4) is 0 Å². The largest absolute Gasteiger partial charge is 0.395 e. The first-order valence-corrected chi connectivity index (χ1v) is 10.6. The van der Waals surface area contributed by atoms with Crippen molar-refractivity contribution in [3.8, 4) is 28.3 Å². The smallest absolute Gasteiger partial charge is 0.128 e. The number of pyridine rings is 2. The van der Waals surface area contributed by atoms with E-state index in [4.69, 9.17) is 10.1 Å². The number of aromatic nitrogens is 5. The molecule has 0 unspecified atom stereocenters. The molecule has 9 heteroatoms. The minimum Gasteiger partial charge on any atom is -0.395 e. The van der Waals surface area contributed by atoms with Crippen molar-refractivity contribution in [1.82, 2.24) is 29.3 Å². The first-order valence-electron chi connectivity index (χ1n) is 10.6. The predicted octanol–water partition coefficient (Wildman–Crippen LogP) is 1.78. The van der Waals surface area contributed by atoms with E-state index in [2.05, 4.69) is 38.2 Å². The van der Waals surface area contributed by atoms with Crippen molar-refractivity contribution in [2.24, 2.45) is 7.05 Å². The molecule has 5 heterocycles. The number of piperazine rings is 1. The highest BCUT2D eigenvalue weighted by Crippen LogP contribution is 2.32. The normalized spacial score (nSPS) is 14.7. The van der Waals surface area contributed by atoms with Crippen LogP contribution in [0.2, 0.25) is 0 Å². The van der Waals surface area contributed by atoms with E-state index in [0.29, 0.717) is 5.56 Å². The second kappa shape index (κ2) is 8.42. The summed E-state index contributed by atoms with van der Waals surface area (Å²) in [5, 5.41) is 27.4. The summed E-state index contributed by atoms with van der Waals surface area (Å²) in [5.74, 6) is 0.936. The molecule has 0 bridgehead atoms. The second-order valence-electron chi connectivity index (χ2n) is 7.97. The molecule has 4 aromatic rings. The van der Waals surface area contributed by atoms with E-state index in [1.165, 1.54) is 0 Å². The molecule has 0 spiro atoms. The second-order valence-corrected chi connectivity index (χ2v) is 7.97. The lowest BCUT2D eigenvalue weighted by Crippen LogP contribution is -2.47. The van der Waals surface area contributed by atoms with Crippen LogP contribution in [-0.2, 0) is 7.05 Å². The summed E-state index contributed by atoms with van der Waals surface area (Å²) in [4.78, 5) is 9.25. The van der Waals surface area contributed by atoms with Crippen LogP contribution in [0.5, 0.6) is 0 Å². The van der Waals surface area contributed by atoms with Crippen LogP contribution in [0.15, 0.2) is 49.2 Å². The Morgan fingerprint density at radius 1 is 1.00 bits per heavy atom. The quantitative estimate of drug-likeness (QED) is 0.517.